The summed E-state index contributed by atoms with van der Waals surface area (Å²) in [4.78, 5) is 15.1. The van der Waals surface area contributed by atoms with E-state index in [4.69, 9.17) is 11.6 Å². The van der Waals surface area contributed by atoms with Crippen molar-refractivity contribution < 1.29 is 0 Å². The Morgan fingerprint density at radius 3 is 3.00 bits per heavy atom. The second-order valence-corrected chi connectivity index (χ2v) is 4.14. The second-order valence-electron chi connectivity index (χ2n) is 2.50. The van der Waals surface area contributed by atoms with E-state index in [2.05, 4.69) is 15.2 Å². The van der Waals surface area contributed by atoms with Crippen LogP contribution in [-0.2, 0) is 6.54 Å². The molecule has 0 saturated carbocycles. The third kappa shape index (κ3) is 1.97. The Bertz CT molecular complexity index is 494. The van der Waals surface area contributed by atoms with Crippen LogP contribution in [0, 0.1) is 0 Å². The topological polar surface area (TPSA) is 60.7 Å². The molecule has 0 aromatic carbocycles. The third-order valence-corrected chi connectivity index (χ3v) is 2.54. The van der Waals surface area contributed by atoms with Gasteiger partial charge in [-0.25, -0.2) is 4.98 Å². The molecule has 2 rings (SSSR count). The third-order valence-electron chi connectivity index (χ3n) is 1.54. The van der Waals surface area contributed by atoms with Crippen LogP contribution < -0.4 is 5.56 Å². The van der Waals surface area contributed by atoms with Crippen LogP contribution in [0.2, 0.25) is 4.47 Å². The molecule has 0 unspecified atom stereocenters. The van der Waals surface area contributed by atoms with Gasteiger partial charge in [0.25, 0.3) is 5.56 Å². The van der Waals surface area contributed by atoms with E-state index in [0.29, 0.717) is 16.0 Å². The summed E-state index contributed by atoms with van der Waals surface area (Å²) in [7, 11) is 0. The van der Waals surface area contributed by atoms with Crippen molar-refractivity contribution in [3.05, 3.63) is 38.4 Å². The highest BCUT2D eigenvalue weighted by molar-refractivity contribution is 7.15. The van der Waals surface area contributed by atoms with Crippen molar-refractivity contribution in [2.24, 2.45) is 0 Å². The van der Waals surface area contributed by atoms with E-state index in [-0.39, 0.29) is 5.56 Å². The lowest BCUT2D eigenvalue weighted by molar-refractivity contribution is 0.723. The van der Waals surface area contributed by atoms with E-state index in [1.807, 2.05) is 0 Å². The number of halogens is 1. The molecule has 2 heterocycles. The fourth-order valence-corrected chi connectivity index (χ4v) is 1.81. The van der Waals surface area contributed by atoms with E-state index in [1.165, 1.54) is 34.5 Å². The number of aromatic nitrogens is 4. The monoisotopic (exact) mass is 228 g/mol. The minimum atomic E-state index is -0.119. The summed E-state index contributed by atoms with van der Waals surface area (Å²) in [6, 6.07) is 1.39. The zero-order valence-electron chi connectivity index (χ0n) is 6.92. The van der Waals surface area contributed by atoms with Crippen molar-refractivity contribution in [2.45, 2.75) is 6.54 Å². The molecule has 2 aromatic heterocycles. The standard InChI is InChI=1S/C7H5ClN4OS/c8-7-11-10-5(14-7)3-12-4-9-2-1-6(12)13/h1-2,4H,3H2. The van der Waals surface area contributed by atoms with Crippen molar-refractivity contribution >= 4 is 22.9 Å². The number of hydrogen-bond acceptors (Lipinski definition) is 5. The maximum atomic E-state index is 11.3. The van der Waals surface area contributed by atoms with E-state index >= 15 is 0 Å². The summed E-state index contributed by atoms with van der Waals surface area (Å²) in [5, 5.41) is 8.13. The van der Waals surface area contributed by atoms with Gasteiger partial charge in [-0.15, -0.1) is 10.2 Å². The second kappa shape index (κ2) is 3.85. The van der Waals surface area contributed by atoms with Gasteiger partial charge in [0.15, 0.2) is 0 Å². The van der Waals surface area contributed by atoms with Gasteiger partial charge in [-0.05, 0) is 11.6 Å². The Kier molecular flexibility index (Phi) is 2.55. The summed E-state index contributed by atoms with van der Waals surface area (Å²) in [5.41, 5.74) is -0.119. The highest BCUT2D eigenvalue weighted by atomic mass is 35.5. The Morgan fingerprint density at radius 1 is 1.50 bits per heavy atom. The molecule has 0 amide bonds. The zero-order chi connectivity index (χ0) is 9.97. The Hall–Kier alpha value is -1.27. The smallest absolute Gasteiger partial charge is 0.253 e. The van der Waals surface area contributed by atoms with Crippen molar-refractivity contribution in [2.75, 3.05) is 0 Å². The van der Waals surface area contributed by atoms with Gasteiger partial charge in [0.1, 0.15) is 5.01 Å². The van der Waals surface area contributed by atoms with Crippen molar-refractivity contribution in [3.8, 4) is 0 Å². The predicted molar refractivity (Wildman–Crippen MR) is 52.5 cm³/mol. The predicted octanol–water partition coefficient (Wildman–Crippen LogP) is 0.797. The largest absolute Gasteiger partial charge is 0.292 e. The van der Waals surface area contributed by atoms with Crippen LogP contribution in [0.5, 0.6) is 0 Å². The fraction of sp³-hybridized carbons (Fsp3) is 0.143. The van der Waals surface area contributed by atoms with Gasteiger partial charge in [-0.3, -0.25) is 9.36 Å². The molecule has 0 radical (unpaired) electrons. The number of rotatable bonds is 2. The molecule has 0 N–H and O–H groups in total. The Labute approximate surface area is 88.0 Å². The van der Waals surface area contributed by atoms with Gasteiger partial charge < -0.3 is 0 Å². The summed E-state index contributed by atoms with van der Waals surface area (Å²) in [5.74, 6) is 0. The lowest BCUT2D eigenvalue weighted by Crippen LogP contribution is -2.19. The molecule has 5 nitrogen and oxygen atoms in total. The first-order valence-electron chi connectivity index (χ1n) is 3.74. The van der Waals surface area contributed by atoms with Crippen LogP contribution in [0.25, 0.3) is 0 Å². The lowest BCUT2D eigenvalue weighted by atomic mass is 10.6. The van der Waals surface area contributed by atoms with Crippen LogP contribution in [0.4, 0.5) is 0 Å². The van der Waals surface area contributed by atoms with E-state index < -0.39 is 0 Å². The van der Waals surface area contributed by atoms with Gasteiger partial charge in [0, 0.05) is 12.3 Å². The molecule has 2 aromatic rings. The molecule has 0 atom stereocenters. The zero-order valence-corrected chi connectivity index (χ0v) is 8.49. The summed E-state index contributed by atoms with van der Waals surface area (Å²) >= 11 is 6.86. The molecule has 0 aliphatic carbocycles. The van der Waals surface area contributed by atoms with Crippen LogP contribution >= 0.6 is 22.9 Å². The quantitative estimate of drug-likeness (QED) is 0.763. The summed E-state index contributed by atoms with van der Waals surface area (Å²) < 4.78 is 1.81. The highest BCUT2D eigenvalue weighted by Gasteiger charge is 2.03. The van der Waals surface area contributed by atoms with Gasteiger partial charge in [0.2, 0.25) is 4.47 Å². The molecular formula is C7H5ClN4OS. The maximum Gasteiger partial charge on any atom is 0.253 e. The van der Waals surface area contributed by atoms with Crippen LogP contribution in [-0.4, -0.2) is 19.7 Å². The first kappa shape index (κ1) is 9.29. The van der Waals surface area contributed by atoms with Gasteiger partial charge in [-0.1, -0.05) is 11.3 Å². The molecule has 0 aliphatic rings. The molecule has 0 saturated heterocycles. The van der Waals surface area contributed by atoms with E-state index in [1.54, 1.807) is 0 Å². The van der Waals surface area contributed by atoms with Gasteiger partial charge >= 0.3 is 0 Å². The molecule has 0 spiro atoms. The average Bonchev–Trinajstić information content (AvgIpc) is 2.56. The van der Waals surface area contributed by atoms with Gasteiger partial charge in [0.05, 0.1) is 12.9 Å². The van der Waals surface area contributed by atoms with Gasteiger partial charge in [-0.2, -0.15) is 0 Å². The SMILES string of the molecule is O=c1ccncn1Cc1nnc(Cl)s1. The molecule has 0 bridgehead atoms. The molecule has 14 heavy (non-hydrogen) atoms. The number of hydrogen-bond donors (Lipinski definition) is 0. The van der Waals surface area contributed by atoms with Crippen molar-refractivity contribution in [3.63, 3.8) is 0 Å². The van der Waals surface area contributed by atoms with Crippen LogP contribution in [0.15, 0.2) is 23.4 Å². The molecule has 72 valence electrons. The lowest BCUT2D eigenvalue weighted by Gasteiger charge is -1.98. The average molecular weight is 229 g/mol. The number of nitrogens with zero attached hydrogens (tertiary/aromatic N) is 4. The molecular weight excluding hydrogens is 224 g/mol. The minimum absolute atomic E-state index is 0.119. The fourth-order valence-electron chi connectivity index (χ4n) is 0.940. The maximum absolute atomic E-state index is 11.3. The van der Waals surface area contributed by atoms with Crippen molar-refractivity contribution in [1.82, 2.24) is 19.7 Å². The summed E-state index contributed by atoms with van der Waals surface area (Å²) in [6.45, 7) is 0.358. The van der Waals surface area contributed by atoms with Crippen LogP contribution in [0.3, 0.4) is 0 Å². The van der Waals surface area contributed by atoms with Crippen LogP contribution in [0.1, 0.15) is 5.01 Å². The van der Waals surface area contributed by atoms with E-state index in [0.717, 1.165) is 0 Å². The van der Waals surface area contributed by atoms with E-state index in [9.17, 15) is 4.79 Å². The first-order valence-corrected chi connectivity index (χ1v) is 4.93. The summed E-state index contributed by atoms with van der Waals surface area (Å²) in [6.07, 6.45) is 2.91. The Balaban J connectivity index is 2.27. The van der Waals surface area contributed by atoms with Crippen molar-refractivity contribution in [1.29, 1.82) is 0 Å². The minimum Gasteiger partial charge on any atom is -0.292 e. The highest BCUT2D eigenvalue weighted by Crippen LogP contribution is 2.14. The normalized spacial score (nSPS) is 10.4. The molecule has 0 aliphatic heterocycles. The molecule has 0 fully saturated rings. The Morgan fingerprint density at radius 2 is 2.36 bits per heavy atom. The molecule has 7 heteroatoms. The first-order chi connectivity index (χ1) is 6.75.